The summed E-state index contributed by atoms with van der Waals surface area (Å²) in [5, 5.41) is 0.124. The number of amides is 1. The number of benzene rings is 1. The molecule has 0 atom stereocenters. The summed E-state index contributed by atoms with van der Waals surface area (Å²) in [5.74, 6) is -0.297. The molecule has 4 nitrogen and oxygen atoms in total. The first kappa shape index (κ1) is 17.8. The molecule has 0 radical (unpaired) electrons. The molecule has 0 aromatic heterocycles. The maximum Gasteiger partial charge on any atom is 0.262 e. The molecule has 0 saturated heterocycles. The van der Waals surface area contributed by atoms with E-state index >= 15 is 0 Å². The largest absolute Gasteiger partial charge is 0.342 e. The highest BCUT2D eigenvalue weighted by Gasteiger charge is 2.21. The molecule has 0 aliphatic carbocycles. The Morgan fingerprint density at radius 1 is 1.40 bits per heavy atom. The van der Waals surface area contributed by atoms with Crippen molar-refractivity contribution in [3.8, 4) is 0 Å². The van der Waals surface area contributed by atoms with E-state index in [1.807, 2.05) is 6.92 Å². The van der Waals surface area contributed by atoms with Crippen LogP contribution >= 0.6 is 38.2 Å². The van der Waals surface area contributed by atoms with Crippen molar-refractivity contribution < 1.29 is 13.2 Å². The normalized spacial score (nSPS) is 11.4. The molecule has 20 heavy (non-hydrogen) atoms. The highest BCUT2D eigenvalue weighted by atomic mass is 79.9. The first-order chi connectivity index (χ1) is 9.18. The second-order valence-corrected chi connectivity index (χ2v) is 8.02. The smallest absolute Gasteiger partial charge is 0.262 e. The minimum Gasteiger partial charge on any atom is -0.342 e. The zero-order valence-electron chi connectivity index (χ0n) is 11.0. The van der Waals surface area contributed by atoms with Crippen LogP contribution in [0.25, 0.3) is 0 Å². The van der Waals surface area contributed by atoms with Crippen LogP contribution in [-0.4, -0.2) is 32.8 Å². The molecule has 1 aromatic carbocycles. The van der Waals surface area contributed by atoms with Gasteiger partial charge in [0.2, 0.25) is 0 Å². The number of nitrogens with zero attached hydrogens (tertiary/aromatic N) is 1. The van der Waals surface area contributed by atoms with Gasteiger partial charge in [-0.2, -0.15) is 0 Å². The fourth-order valence-corrected chi connectivity index (χ4v) is 3.96. The molecule has 0 bridgehead atoms. The molecule has 0 spiro atoms. The average Bonchev–Trinajstić information content (AvgIpc) is 2.36. The Hall–Kier alpha value is -0.300. The summed E-state index contributed by atoms with van der Waals surface area (Å²) in [4.78, 5) is 13.5. The van der Waals surface area contributed by atoms with Crippen molar-refractivity contribution in [3.63, 3.8) is 0 Å². The van der Waals surface area contributed by atoms with E-state index in [2.05, 4.69) is 15.9 Å². The molecule has 0 fully saturated rings. The Morgan fingerprint density at radius 3 is 2.50 bits per heavy atom. The topological polar surface area (TPSA) is 54.5 Å². The molecule has 1 aromatic rings. The van der Waals surface area contributed by atoms with Gasteiger partial charge in [-0.15, -0.1) is 0 Å². The second kappa shape index (κ2) is 7.11. The summed E-state index contributed by atoms with van der Waals surface area (Å²) in [6.45, 7) is 2.61. The number of rotatable bonds is 5. The zero-order chi connectivity index (χ0) is 15.5. The Kier molecular flexibility index (Phi) is 6.31. The highest BCUT2D eigenvalue weighted by Crippen LogP contribution is 2.33. The molecule has 112 valence electrons. The van der Waals surface area contributed by atoms with Crippen LogP contribution < -0.4 is 0 Å². The summed E-state index contributed by atoms with van der Waals surface area (Å²) in [6.07, 6.45) is 1.83. The molecule has 8 heteroatoms. The number of halogens is 3. The summed E-state index contributed by atoms with van der Waals surface area (Å²) in [7, 11) is 3.01. The van der Waals surface area contributed by atoms with Crippen molar-refractivity contribution in [2.24, 2.45) is 0 Å². The first-order valence-electron chi connectivity index (χ1n) is 5.87. The minimum atomic E-state index is -3.98. The van der Waals surface area contributed by atoms with Crippen molar-refractivity contribution in [1.29, 1.82) is 0 Å². The Morgan fingerprint density at radius 2 is 2.00 bits per heavy atom. The van der Waals surface area contributed by atoms with Gasteiger partial charge < -0.3 is 4.90 Å². The summed E-state index contributed by atoms with van der Waals surface area (Å²) >= 11 is 9.00. The average molecular weight is 403 g/mol. The third kappa shape index (κ3) is 4.35. The van der Waals surface area contributed by atoms with Gasteiger partial charge in [-0.3, -0.25) is 4.79 Å². The van der Waals surface area contributed by atoms with Gasteiger partial charge in [-0.1, -0.05) is 24.9 Å². The maximum atomic E-state index is 12.2. The number of hydrogen-bond donors (Lipinski definition) is 0. The van der Waals surface area contributed by atoms with Gasteiger partial charge >= 0.3 is 0 Å². The summed E-state index contributed by atoms with van der Waals surface area (Å²) in [6, 6.07) is 2.64. The SMILES string of the molecule is CCCCN(C)C(=O)c1cc(Cl)c(Br)c(S(=O)(=O)Cl)c1. The van der Waals surface area contributed by atoms with E-state index in [1.165, 1.54) is 17.0 Å². The molecule has 0 saturated carbocycles. The predicted molar refractivity (Wildman–Crippen MR) is 84.1 cm³/mol. The zero-order valence-corrected chi connectivity index (χ0v) is 14.9. The van der Waals surface area contributed by atoms with E-state index in [0.29, 0.717) is 6.54 Å². The highest BCUT2D eigenvalue weighted by molar-refractivity contribution is 9.10. The van der Waals surface area contributed by atoms with Crippen LogP contribution in [0.3, 0.4) is 0 Å². The van der Waals surface area contributed by atoms with Gasteiger partial charge in [0.15, 0.2) is 0 Å². The van der Waals surface area contributed by atoms with Gasteiger partial charge in [-0.05, 0) is 34.5 Å². The molecule has 0 aliphatic heterocycles. The number of carbonyl (C=O) groups excluding carboxylic acids is 1. The second-order valence-electron chi connectivity index (χ2n) is 4.29. The van der Waals surface area contributed by atoms with Gasteiger partial charge in [0, 0.05) is 29.8 Å². The molecule has 0 unspecified atom stereocenters. The van der Waals surface area contributed by atoms with Crippen LogP contribution in [-0.2, 0) is 9.05 Å². The van der Waals surface area contributed by atoms with E-state index in [1.54, 1.807) is 7.05 Å². The van der Waals surface area contributed by atoms with Gasteiger partial charge in [-0.25, -0.2) is 8.42 Å². The fourth-order valence-electron chi connectivity index (χ4n) is 1.58. The number of hydrogen-bond acceptors (Lipinski definition) is 3. The van der Waals surface area contributed by atoms with Crippen LogP contribution in [0, 0.1) is 0 Å². The Bertz CT molecular complexity index is 619. The van der Waals surface area contributed by atoms with Crippen molar-refractivity contribution >= 4 is 53.2 Å². The Labute approximate surface area is 136 Å². The van der Waals surface area contributed by atoms with E-state index < -0.39 is 9.05 Å². The third-order valence-corrected chi connectivity index (χ3v) is 5.69. The number of carbonyl (C=O) groups is 1. The standard InChI is InChI=1S/C12H14BrCl2NO3S/c1-3-4-5-16(2)12(17)8-6-9(14)11(13)10(7-8)20(15,18)19/h6-7H,3-5H2,1-2H3. The lowest BCUT2D eigenvalue weighted by atomic mass is 10.2. The lowest BCUT2D eigenvalue weighted by Crippen LogP contribution is -2.27. The van der Waals surface area contributed by atoms with E-state index in [9.17, 15) is 13.2 Å². The number of unbranched alkanes of at least 4 members (excludes halogenated alkanes) is 1. The molecular formula is C12H14BrCl2NO3S. The van der Waals surface area contributed by atoms with Crippen molar-refractivity contribution in [1.82, 2.24) is 4.90 Å². The molecule has 1 amide bonds. The summed E-state index contributed by atoms with van der Waals surface area (Å²) in [5.41, 5.74) is 0.191. The third-order valence-electron chi connectivity index (χ3n) is 2.70. The molecule has 1 rings (SSSR count). The lowest BCUT2D eigenvalue weighted by Gasteiger charge is -2.17. The molecule has 0 aliphatic rings. The van der Waals surface area contributed by atoms with E-state index in [-0.39, 0.29) is 25.9 Å². The Balaban J connectivity index is 3.21. The lowest BCUT2D eigenvalue weighted by molar-refractivity contribution is 0.0793. The van der Waals surface area contributed by atoms with Crippen LogP contribution in [0.1, 0.15) is 30.1 Å². The quantitative estimate of drug-likeness (QED) is 0.701. The van der Waals surface area contributed by atoms with Gasteiger partial charge in [0.1, 0.15) is 0 Å². The van der Waals surface area contributed by atoms with Crippen LogP contribution in [0.4, 0.5) is 0 Å². The van der Waals surface area contributed by atoms with Crippen molar-refractivity contribution in [2.75, 3.05) is 13.6 Å². The molecule has 0 heterocycles. The summed E-state index contributed by atoms with van der Waals surface area (Å²) < 4.78 is 23.1. The fraction of sp³-hybridized carbons (Fsp3) is 0.417. The van der Waals surface area contributed by atoms with Crippen molar-refractivity contribution in [3.05, 3.63) is 27.2 Å². The molecule has 0 N–H and O–H groups in total. The van der Waals surface area contributed by atoms with Crippen molar-refractivity contribution in [2.45, 2.75) is 24.7 Å². The monoisotopic (exact) mass is 401 g/mol. The van der Waals surface area contributed by atoms with E-state index in [0.717, 1.165) is 12.8 Å². The van der Waals surface area contributed by atoms with Crippen LogP contribution in [0.2, 0.25) is 5.02 Å². The predicted octanol–water partition coefficient (Wildman–Crippen LogP) is 3.90. The molecular weight excluding hydrogens is 389 g/mol. The van der Waals surface area contributed by atoms with Gasteiger partial charge in [0.25, 0.3) is 15.0 Å². The maximum absolute atomic E-state index is 12.2. The van der Waals surface area contributed by atoms with Gasteiger partial charge in [0.05, 0.1) is 14.4 Å². The van der Waals surface area contributed by atoms with E-state index in [4.69, 9.17) is 22.3 Å². The van der Waals surface area contributed by atoms with Crippen LogP contribution in [0.15, 0.2) is 21.5 Å². The minimum absolute atomic E-state index is 0.124. The van der Waals surface area contributed by atoms with Crippen LogP contribution in [0.5, 0.6) is 0 Å². The first-order valence-corrected chi connectivity index (χ1v) is 9.35.